The topological polar surface area (TPSA) is 60.2 Å². The fourth-order valence-corrected chi connectivity index (χ4v) is 3.36. The van der Waals surface area contributed by atoms with Crippen LogP contribution in [0.15, 0.2) is 41.3 Å². The number of halogens is 3. The molecule has 0 heterocycles. The maximum atomic E-state index is 13.7. The Kier molecular flexibility index (Phi) is 3.96. The van der Waals surface area contributed by atoms with Crippen LogP contribution in [0.2, 0.25) is 5.02 Å². The smallest absolute Gasteiger partial charge is 0.188 e. The third kappa shape index (κ3) is 3.08. The van der Waals surface area contributed by atoms with Crippen molar-refractivity contribution < 1.29 is 17.2 Å². The minimum Gasteiger partial charge on any atom is -0.399 e. The molecule has 2 aromatic rings. The van der Waals surface area contributed by atoms with Crippen molar-refractivity contribution in [3.63, 3.8) is 0 Å². The SMILES string of the molecule is Nc1cc(F)c(S(=O)(=O)Cc2ccc(Cl)cc2)c(F)c1. The lowest BCUT2D eigenvalue weighted by atomic mass is 10.2. The lowest BCUT2D eigenvalue weighted by molar-refractivity contribution is 0.520. The molecule has 0 bridgehead atoms. The number of nitrogen functional groups attached to an aromatic ring is 1. The Balaban J connectivity index is 2.43. The average molecular weight is 318 g/mol. The molecule has 0 radical (unpaired) electrons. The van der Waals surface area contributed by atoms with Gasteiger partial charge in [-0.15, -0.1) is 0 Å². The van der Waals surface area contributed by atoms with Crippen LogP contribution in [0.3, 0.4) is 0 Å². The van der Waals surface area contributed by atoms with Gasteiger partial charge in [0.05, 0.1) is 5.75 Å². The molecule has 2 rings (SSSR count). The highest BCUT2D eigenvalue weighted by atomic mass is 35.5. The van der Waals surface area contributed by atoms with Crippen molar-refractivity contribution in [2.45, 2.75) is 10.6 Å². The Hall–Kier alpha value is -1.66. The first-order chi connectivity index (χ1) is 9.29. The molecule has 2 N–H and O–H groups in total. The van der Waals surface area contributed by atoms with Gasteiger partial charge in [0.1, 0.15) is 16.5 Å². The lowest BCUT2D eigenvalue weighted by Crippen LogP contribution is -2.10. The first-order valence-corrected chi connectivity index (χ1v) is 7.54. The predicted octanol–water partition coefficient (Wildman–Crippen LogP) is 3.17. The highest BCUT2D eigenvalue weighted by Gasteiger charge is 2.25. The maximum Gasteiger partial charge on any atom is 0.188 e. The summed E-state index contributed by atoms with van der Waals surface area (Å²) in [6, 6.07) is 7.51. The van der Waals surface area contributed by atoms with Crippen molar-refractivity contribution in [2.24, 2.45) is 0 Å². The van der Waals surface area contributed by atoms with Crippen LogP contribution in [-0.4, -0.2) is 8.42 Å². The summed E-state index contributed by atoms with van der Waals surface area (Å²) in [4.78, 5) is -0.971. The molecule has 0 aliphatic rings. The van der Waals surface area contributed by atoms with Gasteiger partial charge < -0.3 is 5.73 Å². The van der Waals surface area contributed by atoms with Gasteiger partial charge in [0, 0.05) is 10.7 Å². The third-order valence-electron chi connectivity index (χ3n) is 2.60. The van der Waals surface area contributed by atoms with Crippen LogP contribution >= 0.6 is 11.6 Å². The monoisotopic (exact) mass is 317 g/mol. The summed E-state index contributed by atoms with van der Waals surface area (Å²) in [5.74, 6) is -2.92. The van der Waals surface area contributed by atoms with Crippen LogP contribution < -0.4 is 5.73 Å². The maximum absolute atomic E-state index is 13.7. The Labute approximate surface area is 119 Å². The number of hydrogen-bond acceptors (Lipinski definition) is 3. The molecule has 20 heavy (non-hydrogen) atoms. The second kappa shape index (κ2) is 5.38. The summed E-state index contributed by atoms with van der Waals surface area (Å²) in [5.41, 5.74) is 5.46. The van der Waals surface area contributed by atoms with Gasteiger partial charge in [-0.05, 0) is 29.8 Å². The Morgan fingerprint density at radius 2 is 1.55 bits per heavy atom. The van der Waals surface area contributed by atoms with Gasteiger partial charge in [-0.3, -0.25) is 0 Å². The molecule has 0 aromatic heterocycles. The van der Waals surface area contributed by atoms with E-state index in [1.165, 1.54) is 24.3 Å². The Bertz CT molecular complexity index is 722. The lowest BCUT2D eigenvalue weighted by Gasteiger charge is -2.08. The number of hydrogen-bond donors (Lipinski definition) is 1. The van der Waals surface area contributed by atoms with Gasteiger partial charge in [0.2, 0.25) is 0 Å². The molecular formula is C13H10ClF2NO2S. The summed E-state index contributed by atoms with van der Waals surface area (Å²) in [6.07, 6.45) is 0. The Morgan fingerprint density at radius 3 is 2.05 bits per heavy atom. The number of sulfone groups is 1. The van der Waals surface area contributed by atoms with E-state index in [4.69, 9.17) is 17.3 Å². The standard InChI is InChI=1S/C13H10ClF2NO2S/c14-9-3-1-8(2-4-9)7-20(18,19)13-11(15)5-10(17)6-12(13)16/h1-6H,7,17H2. The number of rotatable bonds is 3. The average Bonchev–Trinajstić information content (AvgIpc) is 2.30. The largest absolute Gasteiger partial charge is 0.399 e. The molecule has 0 spiro atoms. The summed E-state index contributed by atoms with van der Waals surface area (Å²) >= 11 is 5.68. The zero-order valence-corrected chi connectivity index (χ0v) is 11.7. The first kappa shape index (κ1) is 14.7. The molecular weight excluding hydrogens is 308 g/mol. The summed E-state index contributed by atoms with van der Waals surface area (Å²) in [7, 11) is -4.15. The normalized spacial score (nSPS) is 11.6. The fourth-order valence-electron chi connectivity index (χ4n) is 1.75. The first-order valence-electron chi connectivity index (χ1n) is 5.51. The quantitative estimate of drug-likeness (QED) is 0.884. The van der Waals surface area contributed by atoms with E-state index >= 15 is 0 Å². The molecule has 0 unspecified atom stereocenters. The summed E-state index contributed by atoms with van der Waals surface area (Å²) in [5, 5.41) is 0.441. The van der Waals surface area contributed by atoms with E-state index in [1.807, 2.05) is 0 Å². The summed E-state index contributed by atoms with van der Waals surface area (Å²) < 4.78 is 51.5. The highest BCUT2D eigenvalue weighted by molar-refractivity contribution is 7.90. The molecule has 3 nitrogen and oxygen atoms in total. The number of benzene rings is 2. The minimum atomic E-state index is -4.15. The van der Waals surface area contributed by atoms with E-state index in [0.717, 1.165) is 12.1 Å². The van der Waals surface area contributed by atoms with Gasteiger partial charge in [-0.1, -0.05) is 23.7 Å². The molecule has 0 aliphatic carbocycles. The van der Waals surface area contributed by atoms with E-state index in [1.54, 1.807) is 0 Å². The second-order valence-electron chi connectivity index (χ2n) is 4.20. The van der Waals surface area contributed by atoms with Crippen LogP contribution in [0.4, 0.5) is 14.5 Å². The van der Waals surface area contributed by atoms with Crippen LogP contribution in [0, 0.1) is 11.6 Å². The third-order valence-corrected chi connectivity index (χ3v) is 4.58. The summed E-state index contributed by atoms with van der Waals surface area (Å²) in [6.45, 7) is 0. The highest BCUT2D eigenvalue weighted by Crippen LogP contribution is 2.25. The van der Waals surface area contributed by atoms with Crippen molar-refractivity contribution >= 4 is 27.1 Å². The molecule has 0 amide bonds. The van der Waals surface area contributed by atoms with Gasteiger partial charge in [-0.2, -0.15) is 0 Å². The molecule has 0 saturated carbocycles. The van der Waals surface area contributed by atoms with Gasteiger partial charge in [-0.25, -0.2) is 17.2 Å². The predicted molar refractivity (Wildman–Crippen MR) is 73.1 cm³/mol. The van der Waals surface area contributed by atoms with E-state index in [0.29, 0.717) is 10.6 Å². The zero-order valence-electron chi connectivity index (χ0n) is 10.1. The van der Waals surface area contributed by atoms with Crippen molar-refractivity contribution in [1.29, 1.82) is 0 Å². The van der Waals surface area contributed by atoms with Crippen molar-refractivity contribution in [1.82, 2.24) is 0 Å². The van der Waals surface area contributed by atoms with Crippen LogP contribution in [0.25, 0.3) is 0 Å². The zero-order chi connectivity index (χ0) is 14.9. The number of anilines is 1. The second-order valence-corrected chi connectivity index (χ2v) is 6.56. The Morgan fingerprint density at radius 1 is 1.05 bits per heavy atom. The van der Waals surface area contributed by atoms with Gasteiger partial charge >= 0.3 is 0 Å². The molecule has 0 saturated heterocycles. The molecule has 2 aromatic carbocycles. The molecule has 106 valence electrons. The molecule has 0 aliphatic heterocycles. The van der Waals surface area contributed by atoms with Crippen molar-refractivity contribution in [3.05, 3.63) is 58.6 Å². The molecule has 0 atom stereocenters. The van der Waals surface area contributed by atoms with E-state index in [-0.39, 0.29) is 5.69 Å². The number of nitrogens with two attached hydrogens (primary N) is 1. The molecule has 0 fully saturated rings. The van der Waals surface area contributed by atoms with Crippen LogP contribution in [0.1, 0.15) is 5.56 Å². The fraction of sp³-hybridized carbons (Fsp3) is 0.0769. The van der Waals surface area contributed by atoms with E-state index in [2.05, 4.69) is 0 Å². The van der Waals surface area contributed by atoms with E-state index < -0.39 is 32.1 Å². The van der Waals surface area contributed by atoms with E-state index in [9.17, 15) is 17.2 Å². The van der Waals surface area contributed by atoms with Gasteiger partial charge in [0.15, 0.2) is 9.84 Å². The molecule has 7 heteroatoms. The van der Waals surface area contributed by atoms with Crippen molar-refractivity contribution in [2.75, 3.05) is 5.73 Å². The van der Waals surface area contributed by atoms with Crippen molar-refractivity contribution in [3.8, 4) is 0 Å². The van der Waals surface area contributed by atoms with Crippen LogP contribution in [0.5, 0.6) is 0 Å². The van der Waals surface area contributed by atoms with Gasteiger partial charge in [0.25, 0.3) is 0 Å². The minimum absolute atomic E-state index is 0.176. The van der Waals surface area contributed by atoms with Crippen LogP contribution in [-0.2, 0) is 15.6 Å².